The number of rotatable bonds is 4. The molecule has 0 spiro atoms. The Labute approximate surface area is 110 Å². The van der Waals surface area contributed by atoms with Crippen molar-refractivity contribution >= 4 is 16.5 Å². The number of aryl methyl sites for hydroxylation is 2. The Morgan fingerprint density at radius 3 is 2.83 bits per heavy atom. The van der Waals surface area contributed by atoms with Gasteiger partial charge in [0.05, 0.1) is 15.7 Å². The van der Waals surface area contributed by atoms with Crippen LogP contribution in [0.25, 0.3) is 0 Å². The van der Waals surface area contributed by atoms with Crippen LogP contribution in [-0.2, 0) is 17.2 Å². The molecule has 2 N–H and O–H groups in total. The number of nitrogen functional groups attached to an aromatic ring is 1. The first-order valence-electron chi connectivity index (χ1n) is 5.81. The Morgan fingerprint density at radius 1 is 1.28 bits per heavy atom. The van der Waals surface area contributed by atoms with Gasteiger partial charge in [-0.05, 0) is 36.8 Å². The predicted molar refractivity (Wildman–Crippen MR) is 74.8 cm³/mol. The van der Waals surface area contributed by atoms with Crippen LogP contribution in [0.1, 0.15) is 11.3 Å². The molecule has 0 saturated heterocycles. The van der Waals surface area contributed by atoms with Crippen molar-refractivity contribution in [2.24, 2.45) is 0 Å². The molecule has 1 unspecified atom stereocenters. The maximum Gasteiger partial charge on any atom is 0.0620 e. The number of benzene rings is 1. The number of pyridine rings is 1. The molecular weight excluding hydrogens is 244 g/mol. The number of aromatic nitrogens is 1. The van der Waals surface area contributed by atoms with Crippen molar-refractivity contribution in [1.29, 1.82) is 0 Å². The lowest BCUT2D eigenvalue weighted by molar-refractivity contribution is 0.682. The van der Waals surface area contributed by atoms with Gasteiger partial charge >= 0.3 is 0 Å². The smallest absolute Gasteiger partial charge is 0.0620 e. The topological polar surface area (TPSA) is 56.0 Å². The van der Waals surface area contributed by atoms with Crippen LogP contribution in [-0.4, -0.2) is 14.9 Å². The molecule has 18 heavy (non-hydrogen) atoms. The predicted octanol–water partition coefficient (Wildman–Crippen LogP) is 2.32. The first-order chi connectivity index (χ1) is 8.66. The third-order valence-corrected chi connectivity index (χ3v) is 4.10. The van der Waals surface area contributed by atoms with Crippen LogP contribution in [0.15, 0.2) is 47.5 Å². The maximum absolute atomic E-state index is 12.2. The normalized spacial score (nSPS) is 12.3. The van der Waals surface area contributed by atoms with Gasteiger partial charge in [0.25, 0.3) is 0 Å². The molecule has 0 radical (unpaired) electrons. The molecule has 0 amide bonds. The summed E-state index contributed by atoms with van der Waals surface area (Å²) in [5, 5.41) is 0. The molecule has 1 aromatic carbocycles. The number of nitrogens with zero attached hydrogens (tertiary/aromatic N) is 1. The third kappa shape index (κ3) is 3.17. The lowest BCUT2D eigenvalue weighted by Crippen LogP contribution is -2.05. The van der Waals surface area contributed by atoms with Gasteiger partial charge in [-0.2, -0.15) is 0 Å². The minimum atomic E-state index is -1.07. The fraction of sp³-hybridized carbons (Fsp3) is 0.214. The molecule has 0 saturated carbocycles. The molecule has 2 aromatic rings. The molecule has 2 rings (SSSR count). The zero-order valence-electron chi connectivity index (χ0n) is 10.3. The van der Waals surface area contributed by atoms with E-state index < -0.39 is 10.8 Å². The van der Waals surface area contributed by atoms with E-state index in [1.807, 2.05) is 43.3 Å². The number of nitrogens with two attached hydrogens (primary N) is 1. The fourth-order valence-electron chi connectivity index (χ4n) is 1.69. The fourth-order valence-corrected chi connectivity index (χ4v) is 2.95. The van der Waals surface area contributed by atoms with Crippen molar-refractivity contribution in [1.82, 2.24) is 4.98 Å². The number of anilines is 1. The Hall–Kier alpha value is -1.68. The lowest BCUT2D eigenvalue weighted by atomic mass is 10.2. The second kappa shape index (κ2) is 5.78. The van der Waals surface area contributed by atoms with Gasteiger partial charge in [-0.15, -0.1) is 0 Å². The SMILES string of the molecule is Cc1ccc(N)c(S(=O)CCc2ccccn2)c1. The summed E-state index contributed by atoms with van der Waals surface area (Å²) in [5.41, 5.74) is 8.48. The maximum atomic E-state index is 12.2. The summed E-state index contributed by atoms with van der Waals surface area (Å²) in [6, 6.07) is 11.4. The van der Waals surface area contributed by atoms with Crippen LogP contribution >= 0.6 is 0 Å². The molecule has 94 valence electrons. The van der Waals surface area contributed by atoms with Crippen molar-refractivity contribution in [3.63, 3.8) is 0 Å². The molecular formula is C14H16N2OS. The molecule has 0 aliphatic heterocycles. The number of hydrogen-bond acceptors (Lipinski definition) is 3. The average Bonchev–Trinajstić information content (AvgIpc) is 2.40. The molecule has 0 fully saturated rings. The van der Waals surface area contributed by atoms with E-state index in [9.17, 15) is 4.21 Å². The van der Waals surface area contributed by atoms with Crippen LogP contribution < -0.4 is 5.73 Å². The van der Waals surface area contributed by atoms with Crippen molar-refractivity contribution in [2.45, 2.75) is 18.2 Å². The van der Waals surface area contributed by atoms with E-state index in [0.717, 1.165) is 16.2 Å². The van der Waals surface area contributed by atoms with Crippen LogP contribution in [0.5, 0.6) is 0 Å². The second-order valence-corrected chi connectivity index (χ2v) is 5.70. The minimum Gasteiger partial charge on any atom is -0.398 e. The van der Waals surface area contributed by atoms with Gasteiger partial charge in [-0.1, -0.05) is 12.1 Å². The molecule has 3 nitrogen and oxygen atoms in total. The first kappa shape index (κ1) is 12.8. The van der Waals surface area contributed by atoms with Gasteiger partial charge in [0.2, 0.25) is 0 Å². The lowest BCUT2D eigenvalue weighted by Gasteiger charge is -2.06. The van der Waals surface area contributed by atoms with Crippen molar-refractivity contribution < 1.29 is 4.21 Å². The monoisotopic (exact) mass is 260 g/mol. The summed E-state index contributed by atoms with van der Waals surface area (Å²) in [6.45, 7) is 1.97. The summed E-state index contributed by atoms with van der Waals surface area (Å²) >= 11 is 0. The highest BCUT2D eigenvalue weighted by atomic mass is 32.2. The van der Waals surface area contributed by atoms with E-state index >= 15 is 0 Å². The summed E-state index contributed by atoms with van der Waals surface area (Å²) in [5.74, 6) is 0.546. The molecule has 0 bridgehead atoms. The molecule has 4 heteroatoms. The van der Waals surface area contributed by atoms with E-state index in [-0.39, 0.29) is 0 Å². The van der Waals surface area contributed by atoms with Gasteiger partial charge < -0.3 is 5.73 Å². The zero-order chi connectivity index (χ0) is 13.0. The Morgan fingerprint density at radius 2 is 2.11 bits per heavy atom. The van der Waals surface area contributed by atoms with Crippen LogP contribution in [0, 0.1) is 6.92 Å². The van der Waals surface area contributed by atoms with Crippen LogP contribution in [0.4, 0.5) is 5.69 Å². The van der Waals surface area contributed by atoms with Crippen molar-refractivity contribution in [3.8, 4) is 0 Å². The standard InChI is InChI=1S/C14H16N2OS/c1-11-5-6-13(15)14(10-11)18(17)9-7-12-4-2-3-8-16-12/h2-6,8,10H,7,9,15H2,1H3. The Bertz CT molecular complexity index is 555. The van der Waals surface area contributed by atoms with Gasteiger partial charge in [0.15, 0.2) is 0 Å². The molecule has 1 aromatic heterocycles. The summed E-state index contributed by atoms with van der Waals surface area (Å²) in [6.07, 6.45) is 2.44. The highest BCUT2D eigenvalue weighted by Crippen LogP contribution is 2.18. The molecule has 0 aliphatic carbocycles. The summed E-state index contributed by atoms with van der Waals surface area (Å²) in [4.78, 5) is 4.95. The minimum absolute atomic E-state index is 0.546. The van der Waals surface area contributed by atoms with E-state index in [4.69, 9.17) is 5.73 Å². The second-order valence-electron chi connectivity index (χ2n) is 4.16. The van der Waals surface area contributed by atoms with Crippen molar-refractivity contribution in [2.75, 3.05) is 11.5 Å². The van der Waals surface area contributed by atoms with Gasteiger partial charge in [0, 0.05) is 29.8 Å². The Balaban J connectivity index is 2.06. The highest BCUT2D eigenvalue weighted by molar-refractivity contribution is 7.85. The van der Waals surface area contributed by atoms with E-state index in [1.54, 1.807) is 6.20 Å². The largest absolute Gasteiger partial charge is 0.398 e. The van der Waals surface area contributed by atoms with Gasteiger partial charge in [-0.3, -0.25) is 9.19 Å². The third-order valence-electron chi connectivity index (χ3n) is 2.68. The quantitative estimate of drug-likeness (QED) is 0.858. The Kier molecular flexibility index (Phi) is 4.10. The van der Waals surface area contributed by atoms with E-state index in [2.05, 4.69) is 4.98 Å². The average molecular weight is 260 g/mol. The van der Waals surface area contributed by atoms with Crippen LogP contribution in [0.3, 0.4) is 0 Å². The highest BCUT2D eigenvalue weighted by Gasteiger charge is 2.08. The van der Waals surface area contributed by atoms with Crippen molar-refractivity contribution in [3.05, 3.63) is 53.9 Å². The molecule has 0 aliphatic rings. The van der Waals surface area contributed by atoms with E-state index in [1.165, 1.54) is 0 Å². The first-order valence-corrected chi connectivity index (χ1v) is 7.13. The van der Waals surface area contributed by atoms with E-state index in [0.29, 0.717) is 17.9 Å². The van der Waals surface area contributed by atoms with Gasteiger partial charge in [-0.25, -0.2) is 0 Å². The number of hydrogen-bond donors (Lipinski definition) is 1. The molecule has 1 heterocycles. The summed E-state index contributed by atoms with van der Waals surface area (Å²) in [7, 11) is -1.07. The molecule has 1 atom stereocenters. The van der Waals surface area contributed by atoms with Crippen LogP contribution in [0.2, 0.25) is 0 Å². The summed E-state index contributed by atoms with van der Waals surface area (Å²) < 4.78 is 12.2. The zero-order valence-corrected chi connectivity index (χ0v) is 11.1. The van der Waals surface area contributed by atoms with Gasteiger partial charge in [0.1, 0.15) is 0 Å².